The van der Waals surface area contributed by atoms with E-state index in [4.69, 9.17) is 28.9 Å². The fraction of sp³-hybridized carbons (Fsp3) is 0.259. The Bertz CT molecular complexity index is 1360. The van der Waals surface area contributed by atoms with Gasteiger partial charge in [-0.15, -0.1) is 0 Å². The number of nitrogens with zero attached hydrogens (tertiary/aromatic N) is 1. The summed E-state index contributed by atoms with van der Waals surface area (Å²) in [6, 6.07) is 20.4. The highest BCUT2D eigenvalue weighted by Gasteiger charge is 2.36. The minimum atomic E-state index is -3.68. The molecule has 1 aliphatic heterocycles. The van der Waals surface area contributed by atoms with Gasteiger partial charge in [-0.25, -0.2) is 8.42 Å². The van der Waals surface area contributed by atoms with Crippen molar-refractivity contribution in [2.75, 3.05) is 23.6 Å². The van der Waals surface area contributed by atoms with Gasteiger partial charge in [0.2, 0.25) is 15.9 Å². The molecule has 0 bridgehead atoms. The molecule has 1 atom stereocenters. The summed E-state index contributed by atoms with van der Waals surface area (Å²) in [4.78, 5) is 25.8. The van der Waals surface area contributed by atoms with E-state index >= 15 is 0 Å². The van der Waals surface area contributed by atoms with E-state index in [1.807, 2.05) is 48.5 Å². The maximum absolute atomic E-state index is 12.9. The molecule has 0 aliphatic carbocycles. The number of nitrogens with one attached hydrogen (secondary N) is 2. The Morgan fingerprint density at radius 2 is 1.53 bits per heavy atom. The van der Waals surface area contributed by atoms with Crippen LogP contribution in [0.4, 0.5) is 5.69 Å². The van der Waals surface area contributed by atoms with Crippen molar-refractivity contribution in [2.45, 2.75) is 19.0 Å². The zero-order valence-corrected chi connectivity index (χ0v) is 22.9. The van der Waals surface area contributed by atoms with Crippen molar-refractivity contribution >= 4 is 50.7 Å². The van der Waals surface area contributed by atoms with E-state index in [2.05, 4.69) is 14.9 Å². The van der Waals surface area contributed by atoms with Crippen molar-refractivity contribution in [3.8, 4) is 0 Å². The fourth-order valence-electron chi connectivity index (χ4n) is 4.44. The van der Waals surface area contributed by atoms with Crippen LogP contribution in [-0.4, -0.2) is 50.0 Å². The van der Waals surface area contributed by atoms with E-state index in [1.165, 1.54) is 19.1 Å². The number of sulfonamides is 1. The van der Waals surface area contributed by atoms with Gasteiger partial charge in [-0.3, -0.25) is 19.2 Å². The molecule has 38 heavy (non-hydrogen) atoms. The summed E-state index contributed by atoms with van der Waals surface area (Å²) in [5, 5.41) is 3.76. The van der Waals surface area contributed by atoms with Gasteiger partial charge in [-0.1, -0.05) is 53.5 Å². The number of carbonyl (C=O) groups excluding carboxylic acids is 2. The van der Waals surface area contributed by atoms with Crippen LogP contribution in [-0.2, 0) is 14.8 Å². The highest BCUT2D eigenvalue weighted by molar-refractivity contribution is 7.92. The number of benzene rings is 3. The second-order valence-electron chi connectivity index (χ2n) is 9.39. The first-order valence-electron chi connectivity index (χ1n) is 12.0. The van der Waals surface area contributed by atoms with Crippen LogP contribution in [0.25, 0.3) is 0 Å². The van der Waals surface area contributed by atoms with Crippen LogP contribution in [0.2, 0.25) is 10.0 Å². The number of nitrogens with two attached hydrogens (primary N) is 1. The zero-order valence-electron chi connectivity index (χ0n) is 20.6. The maximum atomic E-state index is 12.9. The second kappa shape index (κ2) is 11.7. The first kappa shape index (κ1) is 27.9. The summed E-state index contributed by atoms with van der Waals surface area (Å²) < 4.78 is 28.4. The number of carbonyl (C=O) groups is 2. The van der Waals surface area contributed by atoms with Gasteiger partial charge < -0.3 is 11.1 Å². The molecule has 3 aromatic rings. The van der Waals surface area contributed by atoms with E-state index in [0.717, 1.165) is 11.1 Å². The second-order valence-corrected chi connectivity index (χ2v) is 12.0. The Balaban J connectivity index is 1.40. The summed E-state index contributed by atoms with van der Waals surface area (Å²) >= 11 is 12.2. The lowest BCUT2D eigenvalue weighted by Gasteiger charge is -2.44. The highest BCUT2D eigenvalue weighted by Crippen LogP contribution is 2.35. The third-order valence-corrected chi connectivity index (χ3v) is 8.31. The third-order valence-electron chi connectivity index (χ3n) is 6.35. The van der Waals surface area contributed by atoms with Gasteiger partial charge in [0.1, 0.15) is 6.04 Å². The van der Waals surface area contributed by atoms with Gasteiger partial charge in [-0.05, 0) is 60.5 Å². The minimum absolute atomic E-state index is 0.0607. The summed E-state index contributed by atoms with van der Waals surface area (Å²) in [6.45, 7) is 2.65. The maximum Gasteiger partial charge on any atom is 0.251 e. The molecule has 11 heteroatoms. The molecule has 1 aliphatic rings. The summed E-state index contributed by atoms with van der Waals surface area (Å²) in [5.74, 6) is -1.33. The molecule has 1 fully saturated rings. The standard InChI is InChI=1S/C27H28Cl2N4O4S/c1-17(26(30)34)31-27(35)21-3-2-4-24(13-21)32-38(36,37)16-18-14-33(15-18)25(19-5-9-22(28)10-6-19)20-7-11-23(29)12-8-20/h2-13,17-18,25,32H,14-16H2,1H3,(H2,30,34)(H,31,35). The SMILES string of the molecule is CC(NC(=O)c1cccc(NS(=O)(=O)CC2CN(C(c3ccc(Cl)cc3)c3ccc(Cl)cc3)C2)c1)C(N)=O. The van der Waals surface area contributed by atoms with E-state index in [1.54, 1.807) is 12.1 Å². The molecule has 8 nitrogen and oxygen atoms in total. The topological polar surface area (TPSA) is 122 Å². The van der Waals surface area contributed by atoms with Gasteiger partial charge >= 0.3 is 0 Å². The number of hydrogen-bond acceptors (Lipinski definition) is 5. The average Bonchev–Trinajstić information content (AvgIpc) is 2.84. The van der Waals surface area contributed by atoms with Gasteiger partial charge in [0.15, 0.2) is 0 Å². The number of anilines is 1. The molecule has 1 unspecified atom stereocenters. The Morgan fingerprint density at radius 1 is 0.974 bits per heavy atom. The molecule has 3 aromatic carbocycles. The number of amides is 2. The molecule has 4 N–H and O–H groups in total. The van der Waals surface area contributed by atoms with Crippen molar-refractivity contribution in [1.82, 2.24) is 10.2 Å². The van der Waals surface area contributed by atoms with E-state index in [-0.39, 0.29) is 29.0 Å². The fourth-order valence-corrected chi connectivity index (χ4v) is 6.09. The summed E-state index contributed by atoms with van der Waals surface area (Å²) in [5.41, 5.74) is 7.77. The van der Waals surface area contributed by atoms with Gasteiger partial charge in [0.05, 0.1) is 11.8 Å². The average molecular weight is 576 g/mol. The molecule has 2 amide bonds. The Labute approximate surface area is 232 Å². The van der Waals surface area contributed by atoms with Gasteiger partial charge in [-0.2, -0.15) is 0 Å². The van der Waals surface area contributed by atoms with E-state index in [0.29, 0.717) is 23.1 Å². The quantitative estimate of drug-likeness (QED) is 0.337. The number of rotatable bonds is 10. The van der Waals surface area contributed by atoms with Crippen molar-refractivity contribution in [1.29, 1.82) is 0 Å². The lowest BCUT2D eigenvalue weighted by molar-refractivity contribution is -0.119. The molecular weight excluding hydrogens is 547 g/mol. The van der Waals surface area contributed by atoms with Crippen molar-refractivity contribution < 1.29 is 18.0 Å². The molecule has 0 radical (unpaired) electrons. The number of hydrogen-bond donors (Lipinski definition) is 3. The normalized spacial score (nSPS) is 15.1. The third kappa shape index (κ3) is 7.05. The molecule has 4 rings (SSSR count). The molecule has 0 spiro atoms. The van der Waals surface area contributed by atoms with Crippen LogP contribution in [0.1, 0.15) is 34.5 Å². The Hall–Kier alpha value is -3.11. The van der Waals surface area contributed by atoms with Crippen LogP contribution in [0, 0.1) is 5.92 Å². The smallest absolute Gasteiger partial charge is 0.251 e. The predicted molar refractivity (Wildman–Crippen MR) is 150 cm³/mol. The summed E-state index contributed by atoms with van der Waals surface area (Å²) in [6.07, 6.45) is 0. The Kier molecular flexibility index (Phi) is 8.62. The first-order chi connectivity index (χ1) is 18.0. The molecular formula is C27H28Cl2N4O4S. The van der Waals surface area contributed by atoms with Gasteiger partial charge in [0, 0.05) is 40.3 Å². The molecule has 1 saturated heterocycles. The van der Waals surface area contributed by atoms with Crippen LogP contribution in [0.5, 0.6) is 0 Å². The number of primary amides is 1. The van der Waals surface area contributed by atoms with Gasteiger partial charge in [0.25, 0.3) is 5.91 Å². The lowest BCUT2D eigenvalue weighted by Crippen LogP contribution is -2.51. The molecule has 1 heterocycles. The first-order valence-corrected chi connectivity index (χ1v) is 14.4. The van der Waals surface area contributed by atoms with Crippen molar-refractivity contribution in [3.05, 3.63) is 99.5 Å². The van der Waals surface area contributed by atoms with Crippen LogP contribution in [0.15, 0.2) is 72.8 Å². The number of halogens is 2. The van der Waals surface area contributed by atoms with Crippen molar-refractivity contribution in [2.24, 2.45) is 11.7 Å². The monoisotopic (exact) mass is 574 g/mol. The highest BCUT2D eigenvalue weighted by atomic mass is 35.5. The van der Waals surface area contributed by atoms with Crippen LogP contribution < -0.4 is 15.8 Å². The predicted octanol–water partition coefficient (Wildman–Crippen LogP) is 4.06. The lowest BCUT2D eigenvalue weighted by atomic mass is 9.91. The van der Waals surface area contributed by atoms with E-state index < -0.39 is 27.9 Å². The number of likely N-dealkylation sites (tertiary alicyclic amines) is 1. The van der Waals surface area contributed by atoms with Crippen LogP contribution >= 0.6 is 23.2 Å². The minimum Gasteiger partial charge on any atom is -0.368 e. The summed E-state index contributed by atoms with van der Waals surface area (Å²) in [7, 11) is -3.68. The zero-order chi connectivity index (χ0) is 27.4. The largest absolute Gasteiger partial charge is 0.368 e. The van der Waals surface area contributed by atoms with Crippen LogP contribution in [0.3, 0.4) is 0 Å². The van der Waals surface area contributed by atoms with E-state index in [9.17, 15) is 18.0 Å². The molecule has 200 valence electrons. The Morgan fingerprint density at radius 3 is 2.05 bits per heavy atom. The molecule has 0 aromatic heterocycles. The molecule has 0 saturated carbocycles. The van der Waals surface area contributed by atoms with Crippen molar-refractivity contribution in [3.63, 3.8) is 0 Å².